The summed E-state index contributed by atoms with van der Waals surface area (Å²) in [7, 11) is -0.980. The van der Waals surface area contributed by atoms with Gasteiger partial charge in [-0.2, -0.15) is 0 Å². The quantitative estimate of drug-likeness (QED) is 0.434. The van der Waals surface area contributed by atoms with E-state index in [9.17, 15) is 4.57 Å². The van der Waals surface area contributed by atoms with Crippen LogP contribution in [-0.2, 0) is 4.57 Å². The summed E-state index contributed by atoms with van der Waals surface area (Å²) < 4.78 is 10.1. The lowest BCUT2D eigenvalue weighted by Crippen LogP contribution is -1.84. The molecule has 1 saturated heterocycles. The Hall–Kier alpha value is 0.580. The van der Waals surface area contributed by atoms with Crippen molar-refractivity contribution in [3.05, 3.63) is 0 Å². The van der Waals surface area contributed by atoms with Gasteiger partial charge < -0.3 is 4.57 Å². The average molecular weight is 108 g/mol. The fourth-order valence-corrected chi connectivity index (χ4v) is 1.67. The smallest absolute Gasteiger partial charge is 0.0950 e. The summed E-state index contributed by atoms with van der Waals surface area (Å²) in [5.74, 6) is 0. The van der Waals surface area contributed by atoms with E-state index >= 15 is 0 Å². The molecule has 5 heavy (non-hydrogen) atoms. The van der Waals surface area contributed by atoms with Gasteiger partial charge in [-0.3, -0.25) is 0 Å². The molecule has 1 heterocycles. The van der Waals surface area contributed by atoms with Crippen molar-refractivity contribution in [3.8, 4) is 0 Å². The van der Waals surface area contributed by atoms with Gasteiger partial charge >= 0.3 is 0 Å². The minimum Gasteiger partial charge on any atom is -0.325 e. The van der Waals surface area contributed by atoms with Crippen LogP contribution in [-0.4, -0.2) is 11.0 Å². The van der Waals surface area contributed by atoms with Crippen LogP contribution in [0, 0.1) is 0 Å². The first kappa shape index (κ1) is 3.76. The van der Waals surface area contributed by atoms with E-state index in [1.165, 1.54) is 0 Å². The highest BCUT2D eigenvalue weighted by Gasteiger charge is 2.08. The molecule has 1 aliphatic rings. The molecule has 1 aliphatic heterocycles. The highest BCUT2D eigenvalue weighted by atomic mass is 32.2. The first-order valence-electron chi connectivity index (χ1n) is 1.49. The summed E-state index contributed by atoms with van der Waals surface area (Å²) in [6.07, 6.45) is 0. The Morgan fingerprint density at radius 3 is 2.00 bits per heavy atom. The predicted octanol–water partition coefficient (Wildman–Crippen LogP) is 1.21. The first-order chi connectivity index (χ1) is 2.39. The van der Waals surface area contributed by atoms with E-state index in [0.29, 0.717) is 0 Å². The van der Waals surface area contributed by atoms with Crippen molar-refractivity contribution in [2.75, 3.05) is 11.0 Å². The minimum atomic E-state index is -0.980. The van der Waals surface area contributed by atoms with Gasteiger partial charge in [0.2, 0.25) is 0 Å². The highest BCUT2D eigenvalue weighted by molar-refractivity contribution is 8.14. The number of hydrogen-bond donors (Lipinski definition) is 0. The maximum atomic E-state index is 10.1. The molecule has 30 valence electrons. The molecule has 0 aromatic rings. The van der Waals surface area contributed by atoms with Crippen LogP contribution in [0.25, 0.3) is 0 Å². The molecule has 0 amide bonds. The summed E-state index contributed by atoms with van der Waals surface area (Å²) in [6.45, 7) is 0. The molecular weight excluding hydrogens is 103 g/mol. The zero-order chi connectivity index (χ0) is 3.70. The topological polar surface area (TPSA) is 17.1 Å². The molecule has 0 bridgehead atoms. The van der Waals surface area contributed by atoms with Crippen LogP contribution in [0.1, 0.15) is 0 Å². The third kappa shape index (κ3) is 0.704. The largest absolute Gasteiger partial charge is 0.325 e. The van der Waals surface area contributed by atoms with Crippen LogP contribution < -0.4 is 0 Å². The maximum absolute atomic E-state index is 10.1. The Bertz CT molecular complexity index is 56.7. The Morgan fingerprint density at radius 1 is 1.60 bits per heavy atom. The minimum absolute atomic E-state index is 0.949. The van der Waals surface area contributed by atoms with E-state index < -0.39 is 7.80 Å². The van der Waals surface area contributed by atoms with Crippen LogP contribution in [0.4, 0.5) is 0 Å². The molecule has 0 aromatic carbocycles. The number of hydrogen-bond acceptors (Lipinski definition) is 2. The zero-order valence-corrected chi connectivity index (χ0v) is 4.55. The standard InChI is InChI=1S/C2H5OPS/c3-4-1-5-2-4/h4H,1-2H2. The van der Waals surface area contributed by atoms with Crippen molar-refractivity contribution < 1.29 is 4.57 Å². The Balaban J connectivity index is 2.32. The van der Waals surface area contributed by atoms with Crippen molar-refractivity contribution in [2.45, 2.75) is 0 Å². The third-order valence-electron chi connectivity index (χ3n) is 0.526. The van der Waals surface area contributed by atoms with Gasteiger partial charge in [0, 0.05) is 11.0 Å². The second-order valence-corrected chi connectivity index (χ2v) is 4.83. The molecule has 0 N–H and O–H groups in total. The Kier molecular flexibility index (Phi) is 1.02. The van der Waals surface area contributed by atoms with E-state index in [-0.39, 0.29) is 0 Å². The maximum Gasteiger partial charge on any atom is 0.0950 e. The van der Waals surface area contributed by atoms with E-state index in [1.54, 1.807) is 11.8 Å². The van der Waals surface area contributed by atoms with Crippen LogP contribution in [0.3, 0.4) is 0 Å². The molecule has 1 fully saturated rings. The lowest BCUT2D eigenvalue weighted by Gasteiger charge is -2.06. The van der Waals surface area contributed by atoms with Crippen LogP contribution >= 0.6 is 19.6 Å². The summed E-state index contributed by atoms with van der Waals surface area (Å²) >= 11 is 1.78. The second-order valence-electron chi connectivity index (χ2n) is 1.03. The molecular formula is C2H5OPS. The number of thioether (sulfide) groups is 1. The van der Waals surface area contributed by atoms with Crippen molar-refractivity contribution in [2.24, 2.45) is 0 Å². The van der Waals surface area contributed by atoms with Crippen molar-refractivity contribution >= 4 is 19.6 Å². The van der Waals surface area contributed by atoms with E-state index in [4.69, 9.17) is 0 Å². The molecule has 1 nitrogen and oxygen atoms in total. The monoisotopic (exact) mass is 108 g/mol. The van der Waals surface area contributed by atoms with Gasteiger partial charge in [0.1, 0.15) is 0 Å². The molecule has 1 rings (SSSR count). The van der Waals surface area contributed by atoms with Crippen LogP contribution in [0.15, 0.2) is 0 Å². The molecule has 3 heteroatoms. The fourth-order valence-electron chi connectivity index (χ4n) is 0.185. The van der Waals surface area contributed by atoms with Gasteiger partial charge in [-0.15, -0.1) is 11.8 Å². The van der Waals surface area contributed by atoms with Crippen molar-refractivity contribution in [1.82, 2.24) is 0 Å². The van der Waals surface area contributed by atoms with Gasteiger partial charge in [0.15, 0.2) is 0 Å². The SMILES string of the molecule is O=[PH]1CSC1. The molecule has 0 spiro atoms. The first-order valence-corrected chi connectivity index (χ1v) is 4.47. The summed E-state index contributed by atoms with van der Waals surface area (Å²) in [5, 5.41) is 0. The van der Waals surface area contributed by atoms with Crippen molar-refractivity contribution in [3.63, 3.8) is 0 Å². The lowest BCUT2D eigenvalue weighted by molar-refractivity contribution is 0.592. The Labute approximate surface area is 35.9 Å². The molecule has 0 aliphatic carbocycles. The van der Waals surface area contributed by atoms with Gasteiger partial charge in [0.25, 0.3) is 0 Å². The second kappa shape index (κ2) is 1.36. The summed E-state index contributed by atoms with van der Waals surface area (Å²) in [6, 6.07) is 0. The normalized spacial score (nSPS) is 25.6. The average Bonchev–Trinajstić information content (AvgIpc) is 1.30. The molecule has 0 atom stereocenters. The summed E-state index contributed by atoms with van der Waals surface area (Å²) in [4.78, 5) is 0. The number of rotatable bonds is 0. The molecule has 0 radical (unpaired) electrons. The zero-order valence-electron chi connectivity index (χ0n) is 2.73. The fraction of sp³-hybridized carbons (Fsp3) is 1.00. The van der Waals surface area contributed by atoms with Gasteiger partial charge in [0.05, 0.1) is 7.80 Å². The third-order valence-corrected chi connectivity index (χ3v) is 4.73. The van der Waals surface area contributed by atoms with E-state index in [1.807, 2.05) is 0 Å². The van der Waals surface area contributed by atoms with Gasteiger partial charge in [-0.25, -0.2) is 0 Å². The predicted molar refractivity (Wildman–Crippen MR) is 26.3 cm³/mol. The van der Waals surface area contributed by atoms with Crippen LogP contribution in [0.2, 0.25) is 0 Å². The summed E-state index contributed by atoms with van der Waals surface area (Å²) in [5.41, 5.74) is 1.90. The van der Waals surface area contributed by atoms with Crippen LogP contribution in [0.5, 0.6) is 0 Å². The molecule has 0 saturated carbocycles. The Morgan fingerprint density at radius 2 is 2.00 bits per heavy atom. The van der Waals surface area contributed by atoms with Crippen molar-refractivity contribution in [1.29, 1.82) is 0 Å². The molecule has 0 unspecified atom stereocenters. The lowest BCUT2D eigenvalue weighted by atomic mass is 11.8. The van der Waals surface area contributed by atoms with Gasteiger partial charge in [-0.1, -0.05) is 0 Å². The molecule has 0 aromatic heterocycles. The highest BCUT2D eigenvalue weighted by Crippen LogP contribution is 2.41. The van der Waals surface area contributed by atoms with E-state index in [0.717, 1.165) is 11.0 Å². The van der Waals surface area contributed by atoms with Gasteiger partial charge in [-0.05, 0) is 0 Å². The van der Waals surface area contributed by atoms with E-state index in [2.05, 4.69) is 0 Å².